The Hall–Kier alpha value is -3.34. The van der Waals surface area contributed by atoms with Crippen LogP contribution in [0.25, 0.3) is 5.69 Å². The van der Waals surface area contributed by atoms with Gasteiger partial charge in [0.1, 0.15) is 6.54 Å². The minimum atomic E-state index is -4.54. The molecule has 0 radical (unpaired) electrons. The summed E-state index contributed by atoms with van der Waals surface area (Å²) < 4.78 is 65.8. The lowest BCUT2D eigenvalue weighted by atomic mass is 10.2. The molecule has 0 unspecified atom stereocenters. The van der Waals surface area contributed by atoms with E-state index in [1.54, 1.807) is 48.0 Å². The summed E-state index contributed by atoms with van der Waals surface area (Å²) in [6.45, 7) is -1.47. The maximum atomic E-state index is 12.7. The molecule has 0 atom stereocenters. The van der Waals surface area contributed by atoms with Gasteiger partial charge in [-0.25, -0.2) is 13.1 Å². The maximum absolute atomic E-state index is 12.7. The number of para-hydroxylation sites is 2. The number of hydrogen-bond donors (Lipinski definition) is 2. The van der Waals surface area contributed by atoms with Crippen molar-refractivity contribution in [3.05, 3.63) is 72.6 Å². The van der Waals surface area contributed by atoms with Crippen LogP contribution in [0.1, 0.15) is 10.4 Å². The van der Waals surface area contributed by atoms with Crippen LogP contribution in [0.4, 0.5) is 18.9 Å². The van der Waals surface area contributed by atoms with Crippen LogP contribution < -0.4 is 10.0 Å². The van der Waals surface area contributed by atoms with Crippen LogP contribution in [0.15, 0.2) is 71.9 Å². The van der Waals surface area contributed by atoms with Gasteiger partial charge in [0.2, 0.25) is 0 Å². The van der Waals surface area contributed by atoms with Crippen molar-refractivity contribution in [1.82, 2.24) is 15.1 Å². The summed E-state index contributed by atoms with van der Waals surface area (Å²) in [6, 6.07) is 12.9. The summed E-state index contributed by atoms with van der Waals surface area (Å²) in [5.74, 6) is -0.955. The van der Waals surface area contributed by atoms with Gasteiger partial charge in [-0.15, -0.1) is 0 Å². The first-order valence-corrected chi connectivity index (χ1v) is 9.71. The van der Waals surface area contributed by atoms with Crippen LogP contribution in [0.5, 0.6) is 0 Å². The Balaban J connectivity index is 1.78. The van der Waals surface area contributed by atoms with Crippen LogP contribution in [-0.4, -0.2) is 36.8 Å². The number of carbonyl (C=O) groups is 1. The highest BCUT2D eigenvalue weighted by Gasteiger charge is 2.28. The Kier molecular flexibility index (Phi) is 5.59. The number of sulfonamides is 1. The van der Waals surface area contributed by atoms with Gasteiger partial charge in [0.15, 0.2) is 0 Å². The SMILES string of the molecule is O=C(NCC(F)(F)F)c1ccc(S(=O)(=O)Nc2ccccc2-n2cccn2)cc1. The van der Waals surface area contributed by atoms with Gasteiger partial charge in [-0.1, -0.05) is 12.1 Å². The van der Waals surface area contributed by atoms with E-state index in [0.29, 0.717) is 5.69 Å². The van der Waals surface area contributed by atoms with E-state index in [1.165, 1.54) is 4.68 Å². The molecule has 7 nitrogen and oxygen atoms in total. The lowest BCUT2D eigenvalue weighted by Crippen LogP contribution is -2.33. The number of rotatable bonds is 6. The number of nitrogens with zero attached hydrogens (tertiary/aromatic N) is 2. The quantitative estimate of drug-likeness (QED) is 0.636. The summed E-state index contributed by atoms with van der Waals surface area (Å²) in [5, 5.41) is 5.79. The Labute approximate surface area is 164 Å². The number of amides is 1. The van der Waals surface area contributed by atoms with E-state index >= 15 is 0 Å². The van der Waals surface area contributed by atoms with Crippen molar-refractivity contribution in [3.63, 3.8) is 0 Å². The van der Waals surface area contributed by atoms with Crippen molar-refractivity contribution in [2.45, 2.75) is 11.1 Å². The first kappa shape index (κ1) is 20.4. The number of halogens is 3. The van der Waals surface area contributed by atoms with Gasteiger partial charge >= 0.3 is 6.18 Å². The van der Waals surface area contributed by atoms with Crippen LogP contribution in [0.2, 0.25) is 0 Å². The van der Waals surface area contributed by atoms with Crippen molar-refractivity contribution < 1.29 is 26.4 Å². The molecular formula is C18H15F3N4O3S. The van der Waals surface area contributed by atoms with Crippen molar-refractivity contribution in [2.75, 3.05) is 11.3 Å². The fourth-order valence-corrected chi connectivity index (χ4v) is 3.52. The molecule has 2 aromatic carbocycles. The second-order valence-corrected chi connectivity index (χ2v) is 7.58. The first-order valence-electron chi connectivity index (χ1n) is 8.23. The third kappa shape index (κ3) is 5.13. The Morgan fingerprint density at radius 1 is 1.03 bits per heavy atom. The van der Waals surface area contributed by atoms with E-state index in [2.05, 4.69) is 9.82 Å². The lowest BCUT2D eigenvalue weighted by Gasteiger charge is -2.13. The zero-order valence-electron chi connectivity index (χ0n) is 14.7. The predicted octanol–water partition coefficient (Wildman–Crippen LogP) is 2.97. The molecule has 0 aliphatic rings. The van der Waals surface area contributed by atoms with Gasteiger partial charge in [-0.2, -0.15) is 18.3 Å². The number of aromatic nitrogens is 2. The lowest BCUT2D eigenvalue weighted by molar-refractivity contribution is -0.123. The highest BCUT2D eigenvalue weighted by Crippen LogP contribution is 2.23. The maximum Gasteiger partial charge on any atom is 0.405 e. The third-order valence-corrected chi connectivity index (χ3v) is 5.16. The van der Waals surface area contributed by atoms with Crippen molar-refractivity contribution in [2.24, 2.45) is 0 Å². The molecule has 0 aliphatic carbocycles. The number of nitrogens with one attached hydrogen (secondary N) is 2. The van der Waals surface area contributed by atoms with Crippen molar-refractivity contribution in [1.29, 1.82) is 0 Å². The Morgan fingerprint density at radius 3 is 2.34 bits per heavy atom. The van der Waals surface area contributed by atoms with Gasteiger partial charge in [0.25, 0.3) is 15.9 Å². The molecule has 0 saturated carbocycles. The molecule has 0 fully saturated rings. The summed E-state index contributed by atoms with van der Waals surface area (Å²) in [5.41, 5.74) is 0.692. The smallest absolute Gasteiger partial charge is 0.343 e. The van der Waals surface area contributed by atoms with Gasteiger partial charge in [0.05, 0.1) is 16.3 Å². The molecule has 29 heavy (non-hydrogen) atoms. The molecule has 152 valence electrons. The van der Waals surface area contributed by atoms with Crippen LogP contribution in [-0.2, 0) is 10.0 Å². The van der Waals surface area contributed by atoms with Crippen molar-refractivity contribution in [3.8, 4) is 5.69 Å². The van der Waals surface area contributed by atoms with E-state index < -0.39 is 28.7 Å². The zero-order chi connectivity index (χ0) is 21.1. The Morgan fingerprint density at radius 2 is 1.72 bits per heavy atom. The molecule has 0 spiro atoms. The van der Waals surface area contributed by atoms with Crippen LogP contribution >= 0.6 is 0 Å². The number of carbonyl (C=O) groups excluding carboxylic acids is 1. The average Bonchev–Trinajstić information content (AvgIpc) is 3.20. The van der Waals surface area contributed by atoms with E-state index in [0.717, 1.165) is 24.3 Å². The molecule has 3 rings (SSSR count). The Bertz CT molecular complexity index is 1100. The number of hydrogen-bond acceptors (Lipinski definition) is 4. The predicted molar refractivity (Wildman–Crippen MR) is 99.2 cm³/mol. The zero-order valence-corrected chi connectivity index (χ0v) is 15.5. The standard InChI is InChI=1S/C18H15F3N4O3S/c19-18(20,21)12-22-17(26)13-6-8-14(9-7-13)29(27,28)24-15-4-1-2-5-16(15)25-11-3-10-23-25/h1-11,24H,12H2,(H,22,26). The summed E-state index contributed by atoms with van der Waals surface area (Å²) in [6.07, 6.45) is -1.33. The van der Waals surface area contributed by atoms with E-state index in [1.807, 2.05) is 0 Å². The number of benzene rings is 2. The topological polar surface area (TPSA) is 93.1 Å². The molecule has 1 aromatic heterocycles. The molecular weight excluding hydrogens is 409 g/mol. The molecule has 1 amide bonds. The second kappa shape index (κ2) is 7.95. The van der Waals surface area contributed by atoms with Gasteiger partial charge < -0.3 is 5.32 Å². The van der Waals surface area contributed by atoms with Crippen LogP contribution in [0.3, 0.4) is 0 Å². The monoisotopic (exact) mass is 424 g/mol. The van der Waals surface area contributed by atoms with Gasteiger partial charge in [-0.05, 0) is 42.5 Å². The molecule has 0 aliphatic heterocycles. The minimum Gasteiger partial charge on any atom is -0.343 e. The molecule has 11 heteroatoms. The minimum absolute atomic E-state index is 0.0925. The fourth-order valence-electron chi connectivity index (χ4n) is 2.44. The largest absolute Gasteiger partial charge is 0.405 e. The third-order valence-electron chi connectivity index (χ3n) is 3.78. The number of alkyl halides is 3. The first-order chi connectivity index (χ1) is 13.7. The highest BCUT2D eigenvalue weighted by molar-refractivity contribution is 7.92. The summed E-state index contributed by atoms with van der Waals surface area (Å²) in [7, 11) is -4.01. The van der Waals surface area contributed by atoms with E-state index in [4.69, 9.17) is 0 Å². The summed E-state index contributed by atoms with van der Waals surface area (Å²) >= 11 is 0. The highest BCUT2D eigenvalue weighted by atomic mass is 32.2. The van der Waals surface area contributed by atoms with Gasteiger partial charge in [-0.3, -0.25) is 9.52 Å². The van der Waals surface area contributed by atoms with Crippen LogP contribution in [0, 0.1) is 0 Å². The molecule has 2 N–H and O–H groups in total. The van der Waals surface area contributed by atoms with Gasteiger partial charge in [0, 0.05) is 18.0 Å². The molecule has 1 heterocycles. The molecule has 0 saturated heterocycles. The number of anilines is 1. The fraction of sp³-hybridized carbons (Fsp3) is 0.111. The normalized spacial score (nSPS) is 11.8. The second-order valence-electron chi connectivity index (χ2n) is 5.90. The molecule has 3 aromatic rings. The average molecular weight is 424 g/mol. The van der Waals surface area contributed by atoms with E-state index in [9.17, 15) is 26.4 Å². The van der Waals surface area contributed by atoms with E-state index in [-0.39, 0.29) is 16.1 Å². The molecule has 0 bridgehead atoms. The van der Waals surface area contributed by atoms with Crippen molar-refractivity contribution >= 4 is 21.6 Å². The summed E-state index contributed by atoms with van der Waals surface area (Å²) in [4.78, 5) is 11.6.